The Balaban J connectivity index is 1.52. The zero-order chi connectivity index (χ0) is 22.3. The number of aromatic nitrogens is 1. The first kappa shape index (κ1) is 21.8. The van der Waals surface area contributed by atoms with Crippen LogP contribution in [0.1, 0.15) is 15.9 Å². The number of rotatable bonds is 7. The first-order chi connectivity index (χ1) is 14.8. The van der Waals surface area contributed by atoms with E-state index in [1.807, 2.05) is 13.0 Å². The van der Waals surface area contributed by atoms with E-state index in [9.17, 15) is 18.0 Å². The fourth-order valence-electron chi connectivity index (χ4n) is 2.51. The van der Waals surface area contributed by atoms with E-state index >= 15 is 0 Å². The van der Waals surface area contributed by atoms with Crippen LogP contribution in [0, 0.1) is 6.92 Å². The van der Waals surface area contributed by atoms with Crippen molar-refractivity contribution in [2.24, 2.45) is 0 Å². The lowest BCUT2D eigenvalue weighted by Crippen LogP contribution is -2.43. The molecule has 3 aromatic rings. The summed E-state index contributed by atoms with van der Waals surface area (Å²) in [6.45, 7) is 1.63. The van der Waals surface area contributed by atoms with Gasteiger partial charge in [-0.25, -0.2) is 8.42 Å². The van der Waals surface area contributed by atoms with Crippen molar-refractivity contribution in [2.75, 3.05) is 11.3 Å². The molecule has 0 spiro atoms. The van der Waals surface area contributed by atoms with Crippen LogP contribution in [0.15, 0.2) is 78.0 Å². The first-order valence-electron chi connectivity index (χ1n) is 9.15. The van der Waals surface area contributed by atoms with Gasteiger partial charge in [-0.3, -0.25) is 30.1 Å². The molecule has 0 unspecified atom stereocenters. The maximum absolute atomic E-state index is 12.4. The highest BCUT2D eigenvalue weighted by molar-refractivity contribution is 7.92. The second-order valence-electron chi connectivity index (χ2n) is 6.47. The molecular weight excluding hydrogens is 420 g/mol. The van der Waals surface area contributed by atoms with Crippen molar-refractivity contribution in [1.29, 1.82) is 0 Å². The van der Waals surface area contributed by atoms with Crippen LogP contribution in [0.25, 0.3) is 0 Å². The van der Waals surface area contributed by atoms with Gasteiger partial charge in [0.1, 0.15) is 5.75 Å². The smallest absolute Gasteiger partial charge is 0.276 e. The van der Waals surface area contributed by atoms with E-state index in [-0.39, 0.29) is 17.1 Å². The number of pyridine rings is 1. The molecule has 0 aliphatic rings. The largest absolute Gasteiger partial charge is 0.484 e. The first-order valence-corrected chi connectivity index (χ1v) is 10.6. The number of amides is 2. The van der Waals surface area contributed by atoms with Crippen LogP contribution < -0.4 is 20.3 Å². The monoisotopic (exact) mass is 440 g/mol. The highest BCUT2D eigenvalue weighted by Gasteiger charge is 2.15. The molecular formula is C21H20N4O5S. The number of carbonyl (C=O) groups is 2. The van der Waals surface area contributed by atoms with E-state index in [1.165, 1.54) is 48.8 Å². The summed E-state index contributed by atoms with van der Waals surface area (Å²) in [6.07, 6.45) is 2.93. The molecule has 0 radical (unpaired) electrons. The van der Waals surface area contributed by atoms with Crippen molar-refractivity contribution >= 4 is 27.5 Å². The number of hydrogen-bond acceptors (Lipinski definition) is 6. The molecule has 10 heteroatoms. The van der Waals surface area contributed by atoms with Gasteiger partial charge in [-0.05, 0) is 61.0 Å². The Morgan fingerprint density at radius 2 is 1.68 bits per heavy atom. The van der Waals surface area contributed by atoms with E-state index < -0.39 is 21.8 Å². The van der Waals surface area contributed by atoms with Crippen LogP contribution in [-0.4, -0.2) is 31.8 Å². The predicted molar refractivity (Wildman–Crippen MR) is 114 cm³/mol. The molecule has 0 aliphatic carbocycles. The Morgan fingerprint density at radius 3 is 2.35 bits per heavy atom. The predicted octanol–water partition coefficient (Wildman–Crippen LogP) is 2.03. The quantitative estimate of drug-likeness (QED) is 0.483. The average molecular weight is 440 g/mol. The second kappa shape index (κ2) is 9.72. The Morgan fingerprint density at radius 1 is 0.968 bits per heavy atom. The molecule has 2 amide bonds. The zero-order valence-electron chi connectivity index (χ0n) is 16.5. The van der Waals surface area contributed by atoms with Gasteiger partial charge in [-0.15, -0.1) is 0 Å². The Labute approximate surface area is 179 Å². The highest BCUT2D eigenvalue weighted by atomic mass is 32.2. The highest BCUT2D eigenvalue weighted by Crippen LogP contribution is 2.16. The van der Waals surface area contributed by atoms with E-state index in [0.717, 1.165) is 5.56 Å². The molecule has 3 rings (SSSR count). The van der Waals surface area contributed by atoms with Crippen molar-refractivity contribution in [3.63, 3.8) is 0 Å². The minimum absolute atomic E-state index is 0.0172. The maximum Gasteiger partial charge on any atom is 0.276 e. The van der Waals surface area contributed by atoms with E-state index in [0.29, 0.717) is 11.4 Å². The minimum atomic E-state index is -3.81. The molecule has 0 fully saturated rings. The fourth-order valence-corrected chi connectivity index (χ4v) is 3.57. The number of aryl methyl sites for hydroxylation is 1. The molecule has 0 atom stereocenters. The van der Waals surface area contributed by atoms with Gasteiger partial charge in [0.15, 0.2) is 6.61 Å². The molecule has 1 aromatic heterocycles. The number of anilines is 1. The van der Waals surface area contributed by atoms with E-state index in [4.69, 9.17) is 4.74 Å². The number of benzene rings is 2. The molecule has 0 saturated carbocycles. The van der Waals surface area contributed by atoms with Gasteiger partial charge in [0, 0.05) is 18.0 Å². The molecule has 9 nitrogen and oxygen atoms in total. The van der Waals surface area contributed by atoms with Gasteiger partial charge in [0.25, 0.3) is 21.8 Å². The summed E-state index contributed by atoms with van der Waals surface area (Å²) in [5.74, 6) is -0.607. The van der Waals surface area contributed by atoms with Crippen molar-refractivity contribution in [3.05, 3.63) is 84.2 Å². The molecule has 0 aliphatic heterocycles. The van der Waals surface area contributed by atoms with Crippen LogP contribution in [0.3, 0.4) is 0 Å². The summed E-state index contributed by atoms with van der Waals surface area (Å²) in [5, 5.41) is 0. The molecule has 0 saturated heterocycles. The fraction of sp³-hybridized carbons (Fsp3) is 0.0952. The Hall–Kier alpha value is -3.92. The Bertz CT molecular complexity index is 1170. The number of hydrazine groups is 1. The number of nitrogens with zero attached hydrogens (tertiary/aromatic N) is 1. The number of carbonyl (C=O) groups excluding carboxylic acids is 2. The Kier molecular flexibility index (Phi) is 6.83. The summed E-state index contributed by atoms with van der Waals surface area (Å²) in [4.78, 5) is 27.8. The lowest BCUT2D eigenvalue weighted by atomic mass is 10.2. The second-order valence-corrected chi connectivity index (χ2v) is 8.16. The molecule has 1 heterocycles. The van der Waals surface area contributed by atoms with Crippen LogP contribution in [-0.2, 0) is 14.8 Å². The summed E-state index contributed by atoms with van der Waals surface area (Å²) in [6, 6.07) is 15.5. The van der Waals surface area contributed by atoms with Crippen molar-refractivity contribution in [1.82, 2.24) is 15.8 Å². The van der Waals surface area contributed by atoms with Gasteiger partial charge >= 0.3 is 0 Å². The molecule has 31 heavy (non-hydrogen) atoms. The van der Waals surface area contributed by atoms with Crippen LogP contribution >= 0.6 is 0 Å². The number of ether oxygens (including phenoxy) is 1. The normalized spacial score (nSPS) is 10.7. The van der Waals surface area contributed by atoms with Crippen LogP contribution in [0.2, 0.25) is 0 Å². The summed E-state index contributed by atoms with van der Waals surface area (Å²) in [5.41, 5.74) is 6.03. The van der Waals surface area contributed by atoms with Gasteiger partial charge < -0.3 is 4.74 Å². The van der Waals surface area contributed by atoms with E-state index in [1.54, 1.807) is 18.2 Å². The van der Waals surface area contributed by atoms with Crippen LogP contribution in [0.4, 0.5) is 5.69 Å². The lowest BCUT2D eigenvalue weighted by molar-refractivity contribution is -0.123. The average Bonchev–Trinajstić information content (AvgIpc) is 2.76. The lowest BCUT2D eigenvalue weighted by Gasteiger charge is -2.10. The third-order valence-corrected chi connectivity index (χ3v) is 5.43. The van der Waals surface area contributed by atoms with Gasteiger partial charge in [0.05, 0.1) is 10.6 Å². The number of sulfonamides is 1. The van der Waals surface area contributed by atoms with Crippen molar-refractivity contribution in [3.8, 4) is 5.75 Å². The standard InChI is InChI=1S/C21H20N4O5S/c1-15-3-2-4-18(13-15)30-14-20(26)23-24-21(27)16-5-7-19(8-6-16)31(28,29)25-17-9-11-22-12-10-17/h2-13H,14H2,1H3,(H,22,25)(H,23,26)(H,24,27). The third kappa shape index (κ3) is 6.28. The maximum atomic E-state index is 12.4. The minimum Gasteiger partial charge on any atom is -0.484 e. The molecule has 0 bridgehead atoms. The SMILES string of the molecule is Cc1cccc(OCC(=O)NNC(=O)c2ccc(S(=O)(=O)Nc3ccncc3)cc2)c1. The summed E-state index contributed by atoms with van der Waals surface area (Å²) >= 11 is 0. The zero-order valence-corrected chi connectivity index (χ0v) is 17.3. The molecule has 2 aromatic carbocycles. The van der Waals surface area contributed by atoms with Crippen molar-refractivity contribution < 1.29 is 22.7 Å². The molecule has 3 N–H and O–H groups in total. The molecule has 160 valence electrons. The van der Waals surface area contributed by atoms with Crippen LogP contribution in [0.5, 0.6) is 5.75 Å². The topological polar surface area (TPSA) is 126 Å². The van der Waals surface area contributed by atoms with Crippen molar-refractivity contribution in [2.45, 2.75) is 11.8 Å². The third-order valence-electron chi connectivity index (χ3n) is 4.03. The summed E-state index contributed by atoms with van der Waals surface area (Å²) < 4.78 is 32.6. The number of hydrogen-bond donors (Lipinski definition) is 3. The number of nitrogens with one attached hydrogen (secondary N) is 3. The van der Waals surface area contributed by atoms with Gasteiger partial charge in [-0.1, -0.05) is 12.1 Å². The summed E-state index contributed by atoms with van der Waals surface area (Å²) in [7, 11) is -3.81. The van der Waals surface area contributed by atoms with E-state index in [2.05, 4.69) is 20.6 Å². The van der Waals surface area contributed by atoms with Gasteiger partial charge in [0.2, 0.25) is 0 Å². The van der Waals surface area contributed by atoms with Gasteiger partial charge in [-0.2, -0.15) is 0 Å².